The van der Waals surface area contributed by atoms with E-state index in [4.69, 9.17) is 9.47 Å². The highest BCUT2D eigenvalue weighted by molar-refractivity contribution is 7.20. The summed E-state index contributed by atoms with van der Waals surface area (Å²) in [5.74, 6) is -0.623. The molecule has 184 valence electrons. The zero-order valence-corrected chi connectivity index (χ0v) is 20.6. The number of aromatic amines is 1. The van der Waals surface area contributed by atoms with Crippen LogP contribution in [0, 0.1) is 0 Å². The van der Waals surface area contributed by atoms with Crippen LogP contribution in [0.2, 0.25) is 0 Å². The second kappa shape index (κ2) is 11.4. The Bertz CT molecular complexity index is 1280. The number of aromatic nitrogens is 2. The van der Waals surface area contributed by atoms with Crippen LogP contribution in [0.15, 0.2) is 41.2 Å². The van der Waals surface area contributed by atoms with Crippen molar-refractivity contribution in [3.8, 4) is 0 Å². The number of hydrogen-bond donors (Lipinski definition) is 1. The molecule has 35 heavy (non-hydrogen) atoms. The Morgan fingerprint density at radius 1 is 1.09 bits per heavy atom. The molecule has 3 aromatic rings. The Morgan fingerprint density at radius 2 is 1.80 bits per heavy atom. The van der Waals surface area contributed by atoms with Gasteiger partial charge in [-0.1, -0.05) is 42.5 Å². The predicted octanol–water partition coefficient (Wildman–Crippen LogP) is 2.32. The van der Waals surface area contributed by atoms with Gasteiger partial charge < -0.3 is 14.5 Å². The molecule has 1 saturated heterocycles. The van der Waals surface area contributed by atoms with Crippen molar-refractivity contribution in [3.63, 3.8) is 0 Å². The number of carbonyl (C=O) groups is 2. The van der Waals surface area contributed by atoms with Crippen molar-refractivity contribution in [1.82, 2.24) is 19.8 Å². The Labute approximate surface area is 207 Å². The number of piperazine rings is 1. The lowest BCUT2D eigenvalue weighted by Gasteiger charge is -2.33. The molecule has 1 aliphatic rings. The molecule has 10 heteroatoms. The normalized spacial score (nSPS) is 15.0. The minimum Gasteiger partial charge on any atom is -0.469 e. The maximum Gasteiger partial charge on any atom is 0.348 e. The SMILES string of the molecule is COC(=O)Cc1c(C(=O)OC)sc2nc(CN3CCN(C/C=C/c4ccccc4)CC3)[nH]c(=O)c12. The number of ether oxygens (including phenoxy) is 2. The van der Waals surface area contributed by atoms with Gasteiger partial charge in [0.15, 0.2) is 0 Å². The summed E-state index contributed by atoms with van der Waals surface area (Å²) in [6, 6.07) is 10.2. The van der Waals surface area contributed by atoms with E-state index in [1.165, 1.54) is 19.8 Å². The number of nitrogens with zero attached hydrogens (tertiary/aromatic N) is 3. The Morgan fingerprint density at radius 3 is 2.49 bits per heavy atom. The maximum absolute atomic E-state index is 12.9. The smallest absolute Gasteiger partial charge is 0.348 e. The van der Waals surface area contributed by atoms with E-state index in [1.807, 2.05) is 18.2 Å². The highest BCUT2D eigenvalue weighted by Gasteiger charge is 2.25. The van der Waals surface area contributed by atoms with Gasteiger partial charge in [-0.05, 0) is 5.56 Å². The fourth-order valence-electron chi connectivity index (χ4n) is 4.07. The molecule has 0 saturated carbocycles. The number of nitrogens with one attached hydrogen (secondary N) is 1. The summed E-state index contributed by atoms with van der Waals surface area (Å²) >= 11 is 1.06. The number of methoxy groups -OCH3 is 2. The second-order valence-electron chi connectivity index (χ2n) is 8.24. The summed E-state index contributed by atoms with van der Waals surface area (Å²) in [6.45, 7) is 4.92. The van der Waals surface area contributed by atoms with Crippen molar-refractivity contribution in [3.05, 3.63) is 68.6 Å². The van der Waals surface area contributed by atoms with Crippen molar-refractivity contribution in [2.75, 3.05) is 46.9 Å². The molecule has 1 aliphatic heterocycles. The van der Waals surface area contributed by atoms with Gasteiger partial charge in [-0.2, -0.15) is 0 Å². The van der Waals surface area contributed by atoms with Crippen molar-refractivity contribution in [1.29, 1.82) is 0 Å². The fourth-order valence-corrected chi connectivity index (χ4v) is 5.20. The van der Waals surface area contributed by atoms with E-state index in [-0.39, 0.29) is 22.2 Å². The molecule has 1 aromatic carbocycles. The van der Waals surface area contributed by atoms with Crippen LogP contribution in [-0.2, 0) is 27.2 Å². The van der Waals surface area contributed by atoms with E-state index < -0.39 is 11.9 Å². The van der Waals surface area contributed by atoms with Crippen LogP contribution in [0.5, 0.6) is 0 Å². The van der Waals surface area contributed by atoms with Gasteiger partial charge in [-0.25, -0.2) is 9.78 Å². The summed E-state index contributed by atoms with van der Waals surface area (Å²) in [7, 11) is 2.52. The molecule has 2 aromatic heterocycles. The maximum atomic E-state index is 12.9. The molecular weight excluding hydrogens is 468 g/mol. The average Bonchev–Trinajstić information content (AvgIpc) is 3.23. The van der Waals surface area contributed by atoms with E-state index >= 15 is 0 Å². The van der Waals surface area contributed by atoms with E-state index in [0.29, 0.717) is 22.8 Å². The van der Waals surface area contributed by atoms with Crippen LogP contribution in [0.4, 0.5) is 0 Å². The first-order chi connectivity index (χ1) is 17.0. The lowest BCUT2D eigenvalue weighted by atomic mass is 10.1. The van der Waals surface area contributed by atoms with Gasteiger partial charge in [-0.15, -0.1) is 11.3 Å². The molecule has 9 nitrogen and oxygen atoms in total. The number of fused-ring (bicyclic) bond motifs is 1. The summed E-state index contributed by atoms with van der Waals surface area (Å²) in [5, 5.41) is 0.236. The van der Waals surface area contributed by atoms with Crippen molar-refractivity contribution < 1.29 is 19.1 Å². The third-order valence-electron chi connectivity index (χ3n) is 5.94. The minimum atomic E-state index is -0.606. The minimum absolute atomic E-state index is 0.195. The first kappa shape index (κ1) is 24.8. The third-order valence-corrected chi connectivity index (χ3v) is 7.05. The molecule has 4 rings (SSSR count). The van der Waals surface area contributed by atoms with Crippen LogP contribution >= 0.6 is 11.3 Å². The van der Waals surface area contributed by atoms with Gasteiger partial charge in [0.05, 0.1) is 32.6 Å². The van der Waals surface area contributed by atoms with Gasteiger partial charge in [0, 0.05) is 38.3 Å². The molecule has 0 atom stereocenters. The third kappa shape index (κ3) is 6.02. The lowest BCUT2D eigenvalue weighted by molar-refractivity contribution is -0.139. The molecule has 3 heterocycles. The van der Waals surface area contributed by atoms with E-state index in [1.54, 1.807) is 0 Å². The molecule has 0 amide bonds. The van der Waals surface area contributed by atoms with Gasteiger partial charge in [-0.3, -0.25) is 19.4 Å². The topological polar surface area (TPSA) is 105 Å². The molecule has 0 bridgehead atoms. The number of hydrogen-bond acceptors (Lipinski definition) is 9. The quantitative estimate of drug-likeness (QED) is 0.474. The predicted molar refractivity (Wildman–Crippen MR) is 134 cm³/mol. The van der Waals surface area contributed by atoms with Crippen LogP contribution in [0.25, 0.3) is 16.3 Å². The van der Waals surface area contributed by atoms with E-state index in [0.717, 1.165) is 44.1 Å². The first-order valence-corrected chi connectivity index (χ1v) is 12.2. The summed E-state index contributed by atoms with van der Waals surface area (Å²) < 4.78 is 9.56. The van der Waals surface area contributed by atoms with E-state index in [2.05, 4.69) is 44.1 Å². The van der Waals surface area contributed by atoms with Gasteiger partial charge in [0.1, 0.15) is 15.5 Å². The number of rotatable bonds is 8. The summed E-state index contributed by atoms with van der Waals surface area (Å²) in [4.78, 5) is 49.7. The van der Waals surface area contributed by atoms with Gasteiger partial charge >= 0.3 is 11.9 Å². The number of thiophene rings is 1. The monoisotopic (exact) mass is 496 g/mol. The number of benzene rings is 1. The molecule has 0 unspecified atom stereocenters. The van der Waals surface area contributed by atoms with Crippen LogP contribution in [0.3, 0.4) is 0 Å². The molecular formula is C25H28N4O5S. The highest BCUT2D eigenvalue weighted by atomic mass is 32.1. The van der Waals surface area contributed by atoms with E-state index in [9.17, 15) is 14.4 Å². The largest absolute Gasteiger partial charge is 0.469 e. The standard InChI is InChI=1S/C25H28N4O5S/c1-33-20(30)15-18-21-23(31)26-19(27-24(21)35-22(18)25(32)34-2)16-29-13-11-28(12-14-29)10-6-9-17-7-4-3-5-8-17/h3-9H,10-16H2,1-2H3,(H,26,27,31)/b9-6+. The van der Waals surface area contributed by atoms with Crippen LogP contribution < -0.4 is 5.56 Å². The number of esters is 2. The number of carbonyl (C=O) groups excluding carboxylic acids is 2. The van der Waals surface area contributed by atoms with Gasteiger partial charge in [0.25, 0.3) is 5.56 Å². The highest BCUT2D eigenvalue weighted by Crippen LogP contribution is 2.29. The summed E-state index contributed by atoms with van der Waals surface area (Å²) in [5.41, 5.74) is 1.11. The van der Waals surface area contributed by atoms with Crippen LogP contribution in [0.1, 0.15) is 26.6 Å². The summed E-state index contributed by atoms with van der Waals surface area (Å²) in [6.07, 6.45) is 4.11. The van der Waals surface area contributed by atoms with Crippen molar-refractivity contribution in [2.24, 2.45) is 0 Å². The fraction of sp³-hybridized carbons (Fsp3) is 0.360. The second-order valence-corrected chi connectivity index (χ2v) is 9.24. The Kier molecular flexibility index (Phi) is 8.06. The molecule has 0 aliphatic carbocycles. The first-order valence-electron chi connectivity index (χ1n) is 11.3. The van der Waals surface area contributed by atoms with Crippen molar-refractivity contribution >= 4 is 39.6 Å². The lowest BCUT2D eigenvalue weighted by Crippen LogP contribution is -2.46. The molecule has 1 N–H and O–H groups in total. The molecule has 1 fully saturated rings. The zero-order valence-electron chi connectivity index (χ0n) is 19.8. The molecule has 0 radical (unpaired) electrons. The Hall–Kier alpha value is -3.34. The number of H-pyrrole nitrogens is 1. The zero-order chi connectivity index (χ0) is 24.8. The van der Waals surface area contributed by atoms with Gasteiger partial charge in [0.2, 0.25) is 0 Å². The van der Waals surface area contributed by atoms with Crippen molar-refractivity contribution in [2.45, 2.75) is 13.0 Å². The Balaban J connectivity index is 1.42. The molecule has 0 spiro atoms. The van der Waals surface area contributed by atoms with Crippen LogP contribution in [-0.4, -0.2) is 78.6 Å². The average molecular weight is 497 g/mol.